The summed E-state index contributed by atoms with van der Waals surface area (Å²) in [6.45, 7) is 8.54. The van der Waals surface area contributed by atoms with Gasteiger partial charge in [0.15, 0.2) is 5.78 Å². The molecule has 0 amide bonds. The normalized spacial score (nSPS) is 18.4. The third kappa shape index (κ3) is 3.33. The van der Waals surface area contributed by atoms with E-state index in [0.717, 1.165) is 37.4 Å². The molecular weight excluding hydrogens is 238 g/mol. The van der Waals surface area contributed by atoms with Gasteiger partial charge in [-0.1, -0.05) is 12.1 Å². The summed E-state index contributed by atoms with van der Waals surface area (Å²) in [6.07, 6.45) is 0. The zero-order valence-corrected chi connectivity index (χ0v) is 11.8. The van der Waals surface area contributed by atoms with Crippen molar-refractivity contribution in [2.24, 2.45) is 5.73 Å². The molecule has 1 atom stereocenters. The second-order valence-corrected chi connectivity index (χ2v) is 5.21. The van der Waals surface area contributed by atoms with Gasteiger partial charge in [0.05, 0.1) is 0 Å². The molecule has 1 aliphatic heterocycles. The van der Waals surface area contributed by atoms with Crippen molar-refractivity contribution >= 4 is 11.5 Å². The number of anilines is 1. The summed E-state index contributed by atoms with van der Waals surface area (Å²) in [4.78, 5) is 16.2. The van der Waals surface area contributed by atoms with Crippen LogP contribution in [-0.4, -0.2) is 49.4 Å². The lowest BCUT2D eigenvalue weighted by molar-refractivity contribution is 0.101. The summed E-state index contributed by atoms with van der Waals surface area (Å²) in [5.41, 5.74) is 7.64. The van der Waals surface area contributed by atoms with Crippen LogP contribution >= 0.6 is 0 Å². The lowest BCUT2D eigenvalue weighted by atomic mass is 10.1. The van der Waals surface area contributed by atoms with E-state index in [1.54, 1.807) is 6.92 Å². The quantitative estimate of drug-likeness (QED) is 0.831. The highest BCUT2D eigenvalue weighted by molar-refractivity contribution is 5.94. The van der Waals surface area contributed by atoms with E-state index in [-0.39, 0.29) is 5.78 Å². The van der Waals surface area contributed by atoms with Crippen LogP contribution in [0.5, 0.6) is 0 Å². The van der Waals surface area contributed by atoms with Gasteiger partial charge in [-0.2, -0.15) is 0 Å². The highest BCUT2D eigenvalue weighted by Crippen LogP contribution is 2.19. The molecule has 4 nitrogen and oxygen atoms in total. The lowest BCUT2D eigenvalue weighted by Crippen LogP contribution is -2.51. The van der Waals surface area contributed by atoms with Crippen LogP contribution in [0, 0.1) is 0 Å². The molecule has 0 bridgehead atoms. The van der Waals surface area contributed by atoms with Gasteiger partial charge in [0, 0.05) is 50.0 Å². The second-order valence-electron chi connectivity index (χ2n) is 5.21. The van der Waals surface area contributed by atoms with Gasteiger partial charge >= 0.3 is 0 Å². The molecule has 1 aromatic carbocycles. The first kappa shape index (κ1) is 14.0. The van der Waals surface area contributed by atoms with E-state index in [1.807, 2.05) is 18.2 Å². The molecule has 1 fully saturated rings. The first-order chi connectivity index (χ1) is 9.11. The molecule has 1 heterocycles. The van der Waals surface area contributed by atoms with Crippen LogP contribution in [0.2, 0.25) is 0 Å². The number of hydrogen-bond acceptors (Lipinski definition) is 4. The zero-order chi connectivity index (χ0) is 13.8. The summed E-state index contributed by atoms with van der Waals surface area (Å²) in [5, 5.41) is 0. The zero-order valence-electron chi connectivity index (χ0n) is 11.8. The Morgan fingerprint density at radius 2 is 2.00 bits per heavy atom. The van der Waals surface area contributed by atoms with E-state index in [1.165, 1.54) is 0 Å². The van der Waals surface area contributed by atoms with E-state index in [0.29, 0.717) is 12.6 Å². The van der Waals surface area contributed by atoms with Crippen LogP contribution in [0.15, 0.2) is 24.3 Å². The number of ketones is 1. The van der Waals surface area contributed by atoms with Crippen molar-refractivity contribution in [1.29, 1.82) is 0 Å². The molecule has 1 aromatic rings. The minimum absolute atomic E-state index is 0.122. The molecule has 0 aliphatic carbocycles. The average molecular weight is 261 g/mol. The van der Waals surface area contributed by atoms with Gasteiger partial charge in [-0.05, 0) is 26.0 Å². The van der Waals surface area contributed by atoms with Crippen LogP contribution in [0.3, 0.4) is 0 Å². The van der Waals surface area contributed by atoms with Crippen molar-refractivity contribution < 1.29 is 4.79 Å². The van der Waals surface area contributed by atoms with Gasteiger partial charge in [0.25, 0.3) is 0 Å². The number of rotatable bonds is 4. The van der Waals surface area contributed by atoms with Crippen molar-refractivity contribution in [3.63, 3.8) is 0 Å². The van der Waals surface area contributed by atoms with Gasteiger partial charge in [-0.15, -0.1) is 0 Å². The number of benzene rings is 1. The van der Waals surface area contributed by atoms with Crippen molar-refractivity contribution in [2.45, 2.75) is 19.9 Å². The van der Waals surface area contributed by atoms with Crippen molar-refractivity contribution in [2.75, 3.05) is 37.6 Å². The minimum atomic E-state index is 0.122. The summed E-state index contributed by atoms with van der Waals surface area (Å²) in [6, 6.07) is 8.35. The van der Waals surface area contributed by atoms with Gasteiger partial charge in [0.2, 0.25) is 0 Å². The Balaban J connectivity index is 2.01. The van der Waals surface area contributed by atoms with Gasteiger partial charge in [-0.25, -0.2) is 0 Å². The molecule has 1 aliphatic rings. The number of Topliss-reactive ketones (excluding diaryl/α,β-unsaturated/α-hetero) is 1. The Hall–Kier alpha value is -1.39. The van der Waals surface area contributed by atoms with E-state index in [4.69, 9.17) is 5.73 Å². The Bertz CT molecular complexity index is 439. The third-order valence-electron chi connectivity index (χ3n) is 3.90. The van der Waals surface area contributed by atoms with Gasteiger partial charge < -0.3 is 10.6 Å². The van der Waals surface area contributed by atoms with Crippen molar-refractivity contribution in [3.05, 3.63) is 29.8 Å². The molecule has 2 N–H and O–H groups in total. The van der Waals surface area contributed by atoms with Crippen LogP contribution < -0.4 is 10.6 Å². The molecule has 2 rings (SSSR count). The highest BCUT2D eigenvalue weighted by Gasteiger charge is 2.20. The first-order valence-electron chi connectivity index (χ1n) is 6.92. The summed E-state index contributed by atoms with van der Waals surface area (Å²) < 4.78 is 0. The van der Waals surface area contributed by atoms with E-state index in [2.05, 4.69) is 22.8 Å². The number of hydrogen-bond donors (Lipinski definition) is 1. The molecule has 104 valence electrons. The van der Waals surface area contributed by atoms with Gasteiger partial charge in [-0.3, -0.25) is 9.69 Å². The van der Waals surface area contributed by atoms with Crippen molar-refractivity contribution in [3.8, 4) is 0 Å². The van der Waals surface area contributed by atoms with Gasteiger partial charge in [0.1, 0.15) is 0 Å². The molecular formula is C15H23N3O. The minimum Gasteiger partial charge on any atom is -0.369 e. The Morgan fingerprint density at radius 3 is 2.58 bits per heavy atom. The number of nitrogens with two attached hydrogens (primary N) is 1. The first-order valence-corrected chi connectivity index (χ1v) is 6.92. The van der Waals surface area contributed by atoms with E-state index in [9.17, 15) is 4.79 Å². The summed E-state index contributed by atoms with van der Waals surface area (Å²) >= 11 is 0. The van der Waals surface area contributed by atoms with Crippen LogP contribution in [0.4, 0.5) is 5.69 Å². The fourth-order valence-electron chi connectivity index (χ4n) is 2.49. The van der Waals surface area contributed by atoms with Crippen LogP contribution in [0.1, 0.15) is 24.2 Å². The Labute approximate surface area is 115 Å². The standard InChI is InChI=1S/C15H23N3O/c1-12(11-16)17-6-8-18(9-7-17)15-5-3-4-14(10-15)13(2)19/h3-5,10,12H,6-9,11,16H2,1-2H3. The number of piperazine rings is 1. The van der Waals surface area contributed by atoms with Crippen LogP contribution in [-0.2, 0) is 0 Å². The SMILES string of the molecule is CC(=O)c1cccc(N2CCN(C(C)CN)CC2)c1. The maximum Gasteiger partial charge on any atom is 0.159 e. The third-order valence-corrected chi connectivity index (χ3v) is 3.90. The smallest absolute Gasteiger partial charge is 0.159 e. The molecule has 1 saturated heterocycles. The van der Waals surface area contributed by atoms with E-state index >= 15 is 0 Å². The second kappa shape index (κ2) is 6.17. The lowest BCUT2D eigenvalue weighted by Gasteiger charge is -2.38. The highest BCUT2D eigenvalue weighted by atomic mass is 16.1. The molecule has 19 heavy (non-hydrogen) atoms. The Kier molecular flexibility index (Phi) is 4.56. The number of nitrogens with zero attached hydrogens (tertiary/aromatic N) is 2. The summed E-state index contributed by atoms with van der Waals surface area (Å²) in [5.74, 6) is 0.122. The molecule has 0 spiro atoms. The Morgan fingerprint density at radius 1 is 1.32 bits per heavy atom. The molecule has 0 aromatic heterocycles. The van der Waals surface area contributed by atoms with Crippen LogP contribution in [0.25, 0.3) is 0 Å². The molecule has 0 saturated carbocycles. The summed E-state index contributed by atoms with van der Waals surface area (Å²) in [7, 11) is 0. The molecule has 1 unspecified atom stereocenters. The predicted molar refractivity (Wildman–Crippen MR) is 78.7 cm³/mol. The average Bonchev–Trinajstić information content (AvgIpc) is 2.46. The van der Waals surface area contributed by atoms with Crippen molar-refractivity contribution in [1.82, 2.24) is 4.90 Å². The van der Waals surface area contributed by atoms with E-state index < -0.39 is 0 Å². The number of carbonyl (C=O) groups excluding carboxylic acids is 1. The fraction of sp³-hybridized carbons (Fsp3) is 0.533. The monoisotopic (exact) mass is 261 g/mol. The topological polar surface area (TPSA) is 49.6 Å². The largest absolute Gasteiger partial charge is 0.369 e. The maximum atomic E-state index is 11.4. The molecule has 4 heteroatoms. The number of carbonyl (C=O) groups is 1. The molecule has 0 radical (unpaired) electrons. The predicted octanol–water partition coefficient (Wildman–Crippen LogP) is 1.36. The maximum absolute atomic E-state index is 11.4. The fourth-order valence-corrected chi connectivity index (χ4v) is 2.49.